The number of methoxy groups -OCH3 is 1. The van der Waals surface area contributed by atoms with E-state index in [-0.39, 0.29) is 24.1 Å². The first-order valence-corrected chi connectivity index (χ1v) is 6.33. The number of nitrogens with one attached hydrogen (secondary N) is 1. The van der Waals surface area contributed by atoms with Crippen molar-refractivity contribution in [2.75, 3.05) is 46.4 Å². The molecule has 1 aliphatic rings. The van der Waals surface area contributed by atoms with Crippen molar-refractivity contribution in [3.05, 3.63) is 0 Å². The zero-order valence-corrected chi connectivity index (χ0v) is 11.5. The van der Waals surface area contributed by atoms with Crippen LogP contribution in [0.4, 0.5) is 0 Å². The highest BCUT2D eigenvalue weighted by Crippen LogP contribution is 2.04. The predicted molar refractivity (Wildman–Crippen MR) is 68.3 cm³/mol. The van der Waals surface area contributed by atoms with Gasteiger partial charge in [0.15, 0.2) is 0 Å². The number of nitrogens with zero attached hydrogens (tertiary/aromatic N) is 2. The molecular weight excluding hydrogens is 250 g/mol. The Kier molecular flexibility index (Phi) is 6.27. The van der Waals surface area contributed by atoms with E-state index in [1.54, 1.807) is 16.9 Å². The molecule has 108 valence electrons. The number of carbonyl (C=O) groups excluding carboxylic acids is 3. The molecule has 0 bridgehead atoms. The van der Waals surface area contributed by atoms with Gasteiger partial charge in [0.05, 0.1) is 6.61 Å². The van der Waals surface area contributed by atoms with Gasteiger partial charge in [0, 0.05) is 46.8 Å². The van der Waals surface area contributed by atoms with Crippen LogP contribution in [0.3, 0.4) is 0 Å². The van der Waals surface area contributed by atoms with Crippen LogP contribution in [-0.2, 0) is 19.1 Å². The van der Waals surface area contributed by atoms with E-state index in [2.05, 4.69) is 5.32 Å². The Labute approximate surface area is 112 Å². The number of hydrogen-bond donors (Lipinski definition) is 1. The molecule has 0 radical (unpaired) electrons. The van der Waals surface area contributed by atoms with E-state index < -0.39 is 0 Å². The molecule has 0 saturated carbocycles. The highest BCUT2D eigenvalue weighted by molar-refractivity contribution is 5.96. The molecule has 1 aliphatic heterocycles. The van der Waals surface area contributed by atoms with Gasteiger partial charge in [0.1, 0.15) is 6.42 Å². The lowest BCUT2D eigenvalue weighted by Gasteiger charge is -2.34. The Morgan fingerprint density at radius 3 is 2.21 bits per heavy atom. The SMILES string of the molecule is COCCNC(=O)CC(=O)N1CCN(C(C)=O)CC1. The lowest BCUT2D eigenvalue weighted by Crippen LogP contribution is -2.50. The summed E-state index contributed by atoms with van der Waals surface area (Å²) >= 11 is 0. The largest absolute Gasteiger partial charge is 0.383 e. The Morgan fingerprint density at radius 2 is 1.68 bits per heavy atom. The molecule has 0 spiro atoms. The molecule has 1 N–H and O–H groups in total. The third kappa shape index (κ3) is 5.25. The zero-order chi connectivity index (χ0) is 14.3. The van der Waals surface area contributed by atoms with Gasteiger partial charge in [-0.05, 0) is 0 Å². The van der Waals surface area contributed by atoms with Crippen LogP contribution in [0.5, 0.6) is 0 Å². The summed E-state index contributed by atoms with van der Waals surface area (Å²) in [5.41, 5.74) is 0. The number of hydrogen-bond acceptors (Lipinski definition) is 4. The monoisotopic (exact) mass is 271 g/mol. The van der Waals surface area contributed by atoms with Crippen molar-refractivity contribution in [1.29, 1.82) is 0 Å². The summed E-state index contributed by atoms with van der Waals surface area (Å²) in [7, 11) is 1.55. The van der Waals surface area contributed by atoms with Gasteiger partial charge in [-0.1, -0.05) is 0 Å². The molecule has 7 heteroatoms. The molecular formula is C12H21N3O4. The first-order chi connectivity index (χ1) is 9.04. The van der Waals surface area contributed by atoms with Crippen molar-refractivity contribution in [3.8, 4) is 0 Å². The van der Waals surface area contributed by atoms with E-state index in [9.17, 15) is 14.4 Å². The maximum Gasteiger partial charge on any atom is 0.232 e. The molecule has 1 fully saturated rings. The van der Waals surface area contributed by atoms with Crippen molar-refractivity contribution >= 4 is 17.7 Å². The lowest BCUT2D eigenvalue weighted by molar-refractivity contribution is -0.141. The molecule has 1 heterocycles. The minimum atomic E-state index is -0.295. The Balaban J connectivity index is 2.27. The lowest BCUT2D eigenvalue weighted by atomic mass is 10.2. The van der Waals surface area contributed by atoms with Gasteiger partial charge in [-0.2, -0.15) is 0 Å². The van der Waals surface area contributed by atoms with Gasteiger partial charge in [0.25, 0.3) is 0 Å². The van der Waals surface area contributed by atoms with E-state index in [4.69, 9.17) is 4.74 Å². The Bertz CT molecular complexity index is 338. The summed E-state index contributed by atoms with van der Waals surface area (Å²) in [5, 5.41) is 2.60. The molecule has 0 aromatic carbocycles. The van der Waals surface area contributed by atoms with Crippen molar-refractivity contribution in [2.45, 2.75) is 13.3 Å². The summed E-state index contributed by atoms with van der Waals surface area (Å²) in [5.74, 6) is -0.474. The summed E-state index contributed by atoms with van der Waals surface area (Å²) in [4.78, 5) is 37.8. The zero-order valence-electron chi connectivity index (χ0n) is 11.5. The average Bonchev–Trinajstić information content (AvgIpc) is 2.39. The Hall–Kier alpha value is -1.63. The van der Waals surface area contributed by atoms with Crippen LogP contribution in [0.2, 0.25) is 0 Å². The van der Waals surface area contributed by atoms with Crippen LogP contribution in [0.15, 0.2) is 0 Å². The van der Waals surface area contributed by atoms with E-state index >= 15 is 0 Å². The number of ether oxygens (including phenoxy) is 1. The van der Waals surface area contributed by atoms with Crippen molar-refractivity contribution in [2.24, 2.45) is 0 Å². The van der Waals surface area contributed by atoms with Gasteiger partial charge in [-0.25, -0.2) is 0 Å². The van der Waals surface area contributed by atoms with Crippen LogP contribution in [0.25, 0.3) is 0 Å². The standard InChI is InChI=1S/C12H21N3O4/c1-10(16)14-4-6-15(7-5-14)12(18)9-11(17)13-3-8-19-2/h3-9H2,1-2H3,(H,13,17). The molecule has 0 aromatic rings. The normalized spacial score (nSPS) is 15.3. The van der Waals surface area contributed by atoms with E-state index in [0.717, 1.165) is 0 Å². The number of amides is 3. The summed E-state index contributed by atoms with van der Waals surface area (Å²) in [6.45, 7) is 4.39. The maximum absolute atomic E-state index is 11.8. The highest BCUT2D eigenvalue weighted by Gasteiger charge is 2.23. The van der Waals surface area contributed by atoms with Crippen LogP contribution >= 0.6 is 0 Å². The summed E-state index contributed by atoms with van der Waals surface area (Å²) < 4.78 is 4.80. The Morgan fingerprint density at radius 1 is 1.11 bits per heavy atom. The smallest absolute Gasteiger partial charge is 0.232 e. The molecule has 1 saturated heterocycles. The molecule has 0 aromatic heterocycles. The highest BCUT2D eigenvalue weighted by atomic mass is 16.5. The van der Waals surface area contributed by atoms with Crippen molar-refractivity contribution in [1.82, 2.24) is 15.1 Å². The van der Waals surface area contributed by atoms with Gasteiger partial charge < -0.3 is 19.9 Å². The third-order valence-electron chi connectivity index (χ3n) is 3.02. The van der Waals surface area contributed by atoms with E-state index in [1.165, 1.54) is 6.92 Å². The molecule has 19 heavy (non-hydrogen) atoms. The fraction of sp³-hybridized carbons (Fsp3) is 0.750. The first-order valence-electron chi connectivity index (χ1n) is 6.33. The molecule has 0 unspecified atom stereocenters. The van der Waals surface area contributed by atoms with E-state index in [1.807, 2.05) is 0 Å². The average molecular weight is 271 g/mol. The first kappa shape index (κ1) is 15.4. The predicted octanol–water partition coefficient (Wildman–Crippen LogP) is -1.17. The van der Waals surface area contributed by atoms with E-state index in [0.29, 0.717) is 39.3 Å². The second-order valence-electron chi connectivity index (χ2n) is 4.41. The molecule has 0 atom stereocenters. The second-order valence-corrected chi connectivity index (χ2v) is 4.41. The fourth-order valence-electron chi connectivity index (χ4n) is 1.87. The number of rotatable bonds is 5. The van der Waals surface area contributed by atoms with Crippen LogP contribution in [0.1, 0.15) is 13.3 Å². The third-order valence-corrected chi connectivity index (χ3v) is 3.02. The van der Waals surface area contributed by atoms with Crippen LogP contribution < -0.4 is 5.32 Å². The second kappa shape index (κ2) is 7.73. The van der Waals surface area contributed by atoms with Crippen molar-refractivity contribution < 1.29 is 19.1 Å². The summed E-state index contributed by atoms with van der Waals surface area (Å²) in [6.07, 6.45) is -0.149. The summed E-state index contributed by atoms with van der Waals surface area (Å²) in [6, 6.07) is 0. The van der Waals surface area contributed by atoms with Gasteiger partial charge >= 0.3 is 0 Å². The van der Waals surface area contributed by atoms with Gasteiger partial charge in [0.2, 0.25) is 17.7 Å². The van der Waals surface area contributed by atoms with Crippen LogP contribution in [-0.4, -0.2) is 74.0 Å². The van der Waals surface area contributed by atoms with Gasteiger partial charge in [-0.3, -0.25) is 14.4 Å². The minimum absolute atomic E-state index is 0.0180. The topological polar surface area (TPSA) is 79.0 Å². The van der Waals surface area contributed by atoms with Crippen LogP contribution in [0, 0.1) is 0 Å². The minimum Gasteiger partial charge on any atom is -0.383 e. The molecule has 1 rings (SSSR count). The molecule has 3 amide bonds. The molecule has 7 nitrogen and oxygen atoms in total. The van der Waals surface area contributed by atoms with Crippen molar-refractivity contribution in [3.63, 3.8) is 0 Å². The van der Waals surface area contributed by atoms with Gasteiger partial charge in [-0.15, -0.1) is 0 Å². The maximum atomic E-state index is 11.8. The quantitative estimate of drug-likeness (QED) is 0.505. The molecule has 0 aliphatic carbocycles. The fourth-order valence-corrected chi connectivity index (χ4v) is 1.87. The number of piperazine rings is 1. The number of carbonyl (C=O) groups is 3.